The molecular formula is C68H41NO2S. The number of nitrogens with zero attached hydrogens (tertiary/aromatic N) is 1. The summed E-state index contributed by atoms with van der Waals surface area (Å²) in [6.45, 7) is 0. The smallest absolute Gasteiger partial charge is 0.136 e. The van der Waals surface area contributed by atoms with E-state index in [9.17, 15) is 0 Å². The molecule has 0 unspecified atom stereocenters. The van der Waals surface area contributed by atoms with Gasteiger partial charge in [0.15, 0.2) is 0 Å². The van der Waals surface area contributed by atoms with Crippen LogP contribution < -0.4 is 9.64 Å². The van der Waals surface area contributed by atoms with Gasteiger partial charge >= 0.3 is 0 Å². The second kappa shape index (κ2) is 14.8. The van der Waals surface area contributed by atoms with Crippen LogP contribution in [-0.2, 0) is 10.8 Å². The summed E-state index contributed by atoms with van der Waals surface area (Å²) in [4.78, 5) is 5.14. The Bertz CT molecular complexity index is 3970. The van der Waals surface area contributed by atoms with Gasteiger partial charge in [-0.3, -0.25) is 0 Å². The van der Waals surface area contributed by atoms with Crippen molar-refractivity contribution in [3.8, 4) is 44.9 Å². The van der Waals surface area contributed by atoms with E-state index >= 15 is 0 Å². The van der Waals surface area contributed by atoms with Gasteiger partial charge in [-0.2, -0.15) is 0 Å². The first-order valence-corrected chi connectivity index (χ1v) is 25.6. The molecule has 336 valence electrons. The third-order valence-corrected chi connectivity index (χ3v) is 17.2. The number of hydrogen-bond donors (Lipinski definition) is 0. The van der Waals surface area contributed by atoms with Crippen molar-refractivity contribution in [2.45, 2.75) is 20.6 Å². The lowest BCUT2D eigenvalue weighted by molar-refractivity contribution is 0.436. The number of hydrogen-bond acceptors (Lipinski definition) is 4. The predicted octanol–water partition coefficient (Wildman–Crippen LogP) is 18.0. The van der Waals surface area contributed by atoms with E-state index in [1.54, 1.807) is 0 Å². The van der Waals surface area contributed by atoms with Crippen LogP contribution in [0.25, 0.3) is 55.3 Å². The van der Waals surface area contributed by atoms with Crippen molar-refractivity contribution in [2.75, 3.05) is 4.90 Å². The molecule has 2 spiro atoms. The first-order chi connectivity index (χ1) is 35.7. The maximum Gasteiger partial charge on any atom is 0.136 e. The maximum absolute atomic E-state index is 6.77. The second-order valence-corrected chi connectivity index (χ2v) is 20.5. The summed E-state index contributed by atoms with van der Waals surface area (Å²) in [6.07, 6.45) is 0. The van der Waals surface area contributed by atoms with E-state index in [4.69, 9.17) is 9.15 Å². The number of para-hydroxylation sites is 3. The minimum atomic E-state index is -0.624. The van der Waals surface area contributed by atoms with Crippen molar-refractivity contribution >= 4 is 50.8 Å². The average Bonchev–Trinajstić information content (AvgIpc) is 4.08. The fourth-order valence-electron chi connectivity index (χ4n) is 13.3. The summed E-state index contributed by atoms with van der Waals surface area (Å²) in [6, 6.07) is 91.7. The molecule has 0 N–H and O–H groups in total. The van der Waals surface area contributed by atoms with Gasteiger partial charge in [0.1, 0.15) is 22.7 Å². The SMILES string of the molecule is c1ccc2c(c1)Oc1ccccc1C21c2ccccc2-c2c(N(c3ccc(-c4ccc5c(c4)oc4ccccc45)cc3)c3cccc4c3-c3ccccc3C43c4ccccc4Sc4ccccc43)cccc21. The van der Waals surface area contributed by atoms with Crippen molar-refractivity contribution in [1.29, 1.82) is 0 Å². The first-order valence-electron chi connectivity index (χ1n) is 24.7. The van der Waals surface area contributed by atoms with Crippen LogP contribution in [0.2, 0.25) is 0 Å². The quantitative estimate of drug-likeness (QED) is 0.176. The molecule has 0 saturated carbocycles. The van der Waals surface area contributed by atoms with Crippen molar-refractivity contribution < 1.29 is 9.15 Å². The molecule has 3 nitrogen and oxygen atoms in total. The summed E-state index contributed by atoms with van der Waals surface area (Å²) in [7, 11) is 0. The molecule has 2 aliphatic heterocycles. The van der Waals surface area contributed by atoms with Crippen molar-refractivity contribution in [3.05, 3.63) is 293 Å². The zero-order valence-corrected chi connectivity index (χ0v) is 39.7. The van der Waals surface area contributed by atoms with E-state index < -0.39 is 10.8 Å². The molecule has 72 heavy (non-hydrogen) atoms. The second-order valence-electron chi connectivity index (χ2n) is 19.4. The third-order valence-electron chi connectivity index (χ3n) is 16.0. The highest BCUT2D eigenvalue weighted by Crippen LogP contribution is 2.67. The summed E-state index contributed by atoms with van der Waals surface area (Å²) < 4.78 is 13.2. The van der Waals surface area contributed by atoms with Crippen molar-refractivity contribution in [1.82, 2.24) is 0 Å². The molecule has 0 saturated heterocycles. The number of rotatable bonds is 4. The summed E-state index contributed by atoms with van der Waals surface area (Å²) in [5.74, 6) is 1.76. The van der Waals surface area contributed by atoms with Gasteiger partial charge in [0, 0.05) is 48.5 Å². The lowest BCUT2D eigenvalue weighted by atomic mass is 9.66. The Hall–Kier alpha value is -8.83. The van der Waals surface area contributed by atoms with E-state index in [0.717, 1.165) is 72.8 Å². The highest BCUT2D eigenvalue weighted by molar-refractivity contribution is 7.99. The van der Waals surface area contributed by atoms with Gasteiger partial charge < -0.3 is 14.1 Å². The molecule has 0 amide bonds. The summed E-state index contributed by atoms with van der Waals surface area (Å²) in [5, 5.41) is 2.26. The van der Waals surface area contributed by atoms with E-state index in [2.05, 4.69) is 241 Å². The van der Waals surface area contributed by atoms with Gasteiger partial charge in [0.25, 0.3) is 0 Å². The molecule has 0 bridgehead atoms. The van der Waals surface area contributed by atoms with Crippen LogP contribution in [0.1, 0.15) is 44.5 Å². The van der Waals surface area contributed by atoms with E-state index in [1.165, 1.54) is 65.4 Å². The lowest BCUT2D eigenvalue weighted by Gasteiger charge is -2.40. The Morgan fingerprint density at radius 3 is 1.40 bits per heavy atom. The number of anilines is 3. The largest absolute Gasteiger partial charge is 0.457 e. The molecule has 0 fully saturated rings. The highest BCUT2D eigenvalue weighted by Gasteiger charge is 2.54. The molecule has 3 heterocycles. The molecule has 2 aliphatic carbocycles. The minimum absolute atomic E-state index is 0.532. The average molecular weight is 936 g/mol. The zero-order chi connectivity index (χ0) is 47.1. The topological polar surface area (TPSA) is 25.6 Å². The fourth-order valence-corrected chi connectivity index (χ4v) is 14.4. The molecule has 12 aromatic rings. The van der Waals surface area contributed by atoms with Gasteiger partial charge in [-0.25, -0.2) is 0 Å². The lowest BCUT2D eigenvalue weighted by Crippen LogP contribution is -2.32. The van der Waals surface area contributed by atoms with Gasteiger partial charge in [0.05, 0.1) is 22.2 Å². The van der Waals surface area contributed by atoms with Gasteiger partial charge in [-0.1, -0.05) is 194 Å². The van der Waals surface area contributed by atoms with Crippen LogP contribution in [0.3, 0.4) is 0 Å². The molecule has 0 atom stereocenters. The Balaban J connectivity index is 0.980. The monoisotopic (exact) mass is 935 g/mol. The van der Waals surface area contributed by atoms with Crippen LogP contribution in [0.5, 0.6) is 11.5 Å². The number of ether oxygens (including phenoxy) is 1. The Morgan fingerprint density at radius 2 is 0.792 bits per heavy atom. The Morgan fingerprint density at radius 1 is 0.333 bits per heavy atom. The van der Waals surface area contributed by atoms with Crippen LogP contribution in [0, 0.1) is 0 Å². The summed E-state index contributed by atoms with van der Waals surface area (Å²) >= 11 is 1.88. The van der Waals surface area contributed by atoms with Gasteiger partial charge in [-0.05, 0) is 122 Å². The molecule has 11 aromatic carbocycles. The van der Waals surface area contributed by atoms with Crippen LogP contribution in [-0.4, -0.2) is 0 Å². The fraction of sp³-hybridized carbons (Fsp3) is 0.0294. The molecule has 4 heteroatoms. The van der Waals surface area contributed by atoms with Gasteiger partial charge in [0.2, 0.25) is 0 Å². The number of furan rings is 1. The Kier molecular flexibility index (Phi) is 8.24. The number of benzene rings is 11. The first kappa shape index (κ1) is 40.0. The normalized spacial score (nSPS) is 14.4. The molecule has 0 radical (unpaired) electrons. The number of fused-ring (bicyclic) bond motifs is 21. The van der Waals surface area contributed by atoms with Crippen LogP contribution in [0.15, 0.2) is 263 Å². The van der Waals surface area contributed by atoms with Gasteiger partial charge in [-0.15, -0.1) is 0 Å². The molecule has 4 aliphatic rings. The van der Waals surface area contributed by atoms with E-state index in [-0.39, 0.29) is 0 Å². The standard InChI is InChI=1S/C68H41NO2S/c1-4-20-49-47(18-1)65-55(67(49)51-22-6-11-31-60(51)71-61-32-12-7-23-52(61)67)26-15-28-57(65)69(44-38-35-42(36-39-44)43-37-40-46-45-17-3-10-30-59(45)70-62(46)41-43)58-29-16-27-56-66(58)48-19-2-5-21-50(48)68(56)53-24-8-13-33-63(53)72-64-34-14-9-25-54(64)68/h1-41H. The van der Waals surface area contributed by atoms with E-state index in [0.29, 0.717) is 0 Å². The predicted molar refractivity (Wildman–Crippen MR) is 293 cm³/mol. The highest BCUT2D eigenvalue weighted by atomic mass is 32.2. The van der Waals surface area contributed by atoms with Crippen molar-refractivity contribution in [3.63, 3.8) is 0 Å². The minimum Gasteiger partial charge on any atom is -0.457 e. The Labute approximate surface area is 421 Å². The van der Waals surface area contributed by atoms with E-state index in [1.807, 2.05) is 23.9 Å². The molecule has 16 rings (SSSR count). The molecule has 1 aromatic heterocycles. The summed E-state index contributed by atoms with van der Waals surface area (Å²) in [5.41, 5.74) is 21.1. The van der Waals surface area contributed by atoms with Crippen molar-refractivity contribution in [2.24, 2.45) is 0 Å². The maximum atomic E-state index is 6.77. The van der Waals surface area contributed by atoms with Crippen LogP contribution in [0.4, 0.5) is 17.1 Å². The molecular weight excluding hydrogens is 895 g/mol. The van der Waals surface area contributed by atoms with Crippen LogP contribution >= 0.6 is 11.8 Å². The zero-order valence-electron chi connectivity index (χ0n) is 38.8. The third kappa shape index (κ3) is 5.16.